The minimum absolute atomic E-state index is 0.124. The lowest BCUT2D eigenvalue weighted by atomic mass is 9.79. The van der Waals surface area contributed by atoms with Crippen LogP contribution in [0, 0.1) is 23.1 Å². The van der Waals surface area contributed by atoms with Gasteiger partial charge in [-0.1, -0.05) is 55.0 Å². The second kappa shape index (κ2) is 15.1. The van der Waals surface area contributed by atoms with Gasteiger partial charge in [0, 0.05) is 61.1 Å². The minimum atomic E-state index is -1.43. The molecule has 4 aliphatic rings. The zero-order valence-electron chi connectivity index (χ0n) is 32.5. The van der Waals surface area contributed by atoms with Crippen LogP contribution in [0.15, 0.2) is 35.4 Å². The number of carbonyl (C=O) groups excluding carboxylic acids is 2. The van der Waals surface area contributed by atoms with Crippen molar-refractivity contribution in [3.63, 3.8) is 0 Å². The predicted molar refractivity (Wildman–Crippen MR) is 220 cm³/mol. The molecule has 4 fully saturated rings. The summed E-state index contributed by atoms with van der Waals surface area (Å²) in [5.74, 6) is -0.416. The van der Waals surface area contributed by atoms with Crippen LogP contribution in [-0.2, 0) is 15.9 Å². The SMILES string of the molecule is CSc1nc2c(F)c(-c3cccc(Cl)c3Cl)c(CCC#N)cc2c2c1cc([C@H]1CCCN1C(=O)OCC[Si](C)(C)C)n2[C@H]1[C@@H]2C[C@H]1N(C(=O)OC(C)(C)C)C2. The van der Waals surface area contributed by atoms with E-state index >= 15 is 4.39 Å². The molecule has 9 nitrogen and oxygen atoms in total. The zero-order chi connectivity index (χ0) is 39.6. The molecule has 5 heterocycles. The molecule has 2 bridgehead atoms. The van der Waals surface area contributed by atoms with Crippen molar-refractivity contribution in [1.29, 1.82) is 5.26 Å². The Morgan fingerprint density at radius 2 is 1.89 bits per heavy atom. The number of rotatable bonds is 9. The molecular formula is C41H48Cl2FN5O4SSi. The Hall–Kier alpha value is -3.50. The van der Waals surface area contributed by atoms with Gasteiger partial charge in [0.1, 0.15) is 16.1 Å². The Balaban J connectivity index is 1.46. The Morgan fingerprint density at radius 3 is 2.58 bits per heavy atom. The second-order valence-electron chi connectivity index (χ2n) is 17.2. The molecule has 2 aromatic heterocycles. The van der Waals surface area contributed by atoms with Crippen molar-refractivity contribution in [2.75, 3.05) is 26.0 Å². The molecule has 0 unspecified atom stereocenters. The number of fused-ring (bicyclic) bond motifs is 4. The molecule has 3 aliphatic heterocycles. The summed E-state index contributed by atoms with van der Waals surface area (Å²) in [7, 11) is -1.43. The van der Waals surface area contributed by atoms with Crippen molar-refractivity contribution in [2.24, 2.45) is 5.92 Å². The first-order chi connectivity index (χ1) is 26.0. The fraction of sp³-hybridized carbons (Fsp3) is 0.512. The van der Waals surface area contributed by atoms with Gasteiger partial charge in [0.15, 0.2) is 5.82 Å². The van der Waals surface area contributed by atoms with Crippen molar-refractivity contribution >= 4 is 77.0 Å². The third-order valence-corrected chi connectivity index (χ3v) is 14.3. The average Bonchev–Trinajstić information content (AvgIpc) is 3.90. The normalized spacial score (nSPS) is 21.0. The number of aromatic nitrogens is 2. The monoisotopic (exact) mass is 823 g/mol. The summed E-state index contributed by atoms with van der Waals surface area (Å²) in [6, 6.07) is 11.7. The molecule has 1 aliphatic carbocycles. The van der Waals surface area contributed by atoms with E-state index in [1.807, 2.05) is 42.9 Å². The van der Waals surface area contributed by atoms with Gasteiger partial charge in [-0.3, -0.25) is 4.90 Å². The first-order valence-corrected chi connectivity index (χ1v) is 24.7. The van der Waals surface area contributed by atoms with E-state index < -0.39 is 19.5 Å². The zero-order valence-corrected chi connectivity index (χ0v) is 35.8. The van der Waals surface area contributed by atoms with Gasteiger partial charge in [-0.2, -0.15) is 5.26 Å². The molecule has 8 rings (SSSR count). The number of amides is 2. The molecule has 14 heteroatoms. The van der Waals surface area contributed by atoms with Crippen molar-refractivity contribution in [2.45, 2.75) is 107 Å². The first kappa shape index (κ1) is 39.7. The fourth-order valence-electron chi connectivity index (χ4n) is 8.56. The van der Waals surface area contributed by atoms with Crippen LogP contribution in [0.5, 0.6) is 0 Å². The molecule has 2 aromatic carbocycles. The largest absolute Gasteiger partial charge is 0.450 e. The Bertz CT molecular complexity index is 2230. The summed E-state index contributed by atoms with van der Waals surface area (Å²) in [6.07, 6.45) is 4.04. The number of halogens is 3. The van der Waals surface area contributed by atoms with Gasteiger partial charge < -0.3 is 18.9 Å². The summed E-state index contributed by atoms with van der Waals surface area (Å²) in [5.41, 5.74) is 2.58. The standard InChI is InChI=1S/C41H48Cl2FN5O4SSi/c1-41(2,3)53-40(51)48-22-24-20-31(48)36(24)49-30(29-14-10-16-47(29)39(50)52-17-18-55(5,6)7)21-27-37(49)26-19-23(11-9-15-45)32(25-12-8-13-28(42)33(25)43)34(44)35(26)46-38(27)54-4/h8,12-13,19,21,24,29,31,36H,9-11,14,16-18,20,22H2,1-7H3/t24-,29-,31-,36+/m1/s1. The smallest absolute Gasteiger partial charge is 0.410 e. The third-order valence-electron chi connectivity index (χ3n) is 11.1. The van der Waals surface area contributed by atoms with E-state index in [9.17, 15) is 14.9 Å². The molecule has 0 radical (unpaired) electrons. The van der Waals surface area contributed by atoms with E-state index in [2.05, 4.69) is 36.3 Å². The minimum Gasteiger partial charge on any atom is -0.450 e. The lowest BCUT2D eigenvalue weighted by Gasteiger charge is -2.40. The number of ether oxygens (including phenoxy) is 2. The number of thioether (sulfide) groups is 1. The molecule has 0 spiro atoms. The van der Waals surface area contributed by atoms with E-state index in [0.717, 1.165) is 41.9 Å². The molecule has 4 aromatic rings. The highest BCUT2D eigenvalue weighted by Gasteiger charge is 2.57. The number of benzene rings is 2. The lowest BCUT2D eigenvalue weighted by Crippen LogP contribution is -2.45. The Labute approximate surface area is 337 Å². The predicted octanol–water partition coefficient (Wildman–Crippen LogP) is 11.3. The van der Waals surface area contributed by atoms with Gasteiger partial charge in [-0.05, 0) is 82.5 Å². The molecule has 2 amide bonds. The highest BCUT2D eigenvalue weighted by molar-refractivity contribution is 7.98. The van der Waals surface area contributed by atoms with Crippen molar-refractivity contribution in [1.82, 2.24) is 19.4 Å². The van der Waals surface area contributed by atoms with Crippen LogP contribution in [-0.4, -0.2) is 77.2 Å². The first-order valence-electron chi connectivity index (χ1n) is 19.0. The summed E-state index contributed by atoms with van der Waals surface area (Å²) < 4.78 is 31.5. The van der Waals surface area contributed by atoms with E-state index in [4.69, 9.17) is 37.7 Å². The Kier molecular flexibility index (Phi) is 10.9. The highest BCUT2D eigenvalue weighted by Crippen LogP contribution is 2.54. The number of pyridine rings is 1. The van der Waals surface area contributed by atoms with Crippen LogP contribution < -0.4 is 0 Å². The fourth-order valence-corrected chi connectivity index (χ4v) is 10.2. The van der Waals surface area contributed by atoms with E-state index in [1.165, 1.54) is 11.8 Å². The van der Waals surface area contributed by atoms with Gasteiger partial charge >= 0.3 is 12.2 Å². The van der Waals surface area contributed by atoms with Crippen LogP contribution in [0.25, 0.3) is 32.9 Å². The number of nitriles is 1. The van der Waals surface area contributed by atoms with Crippen LogP contribution in [0.3, 0.4) is 0 Å². The van der Waals surface area contributed by atoms with Gasteiger partial charge in [-0.25, -0.2) is 19.0 Å². The van der Waals surface area contributed by atoms with Crippen LogP contribution >= 0.6 is 35.0 Å². The lowest BCUT2D eigenvalue weighted by molar-refractivity contribution is 0.0208. The topological polar surface area (TPSA) is 101 Å². The number of carbonyl (C=O) groups is 2. The van der Waals surface area contributed by atoms with Crippen molar-refractivity contribution in [3.8, 4) is 17.2 Å². The van der Waals surface area contributed by atoms with E-state index in [1.54, 1.807) is 18.2 Å². The third kappa shape index (κ3) is 7.42. The summed E-state index contributed by atoms with van der Waals surface area (Å²) in [5, 5.41) is 12.3. The van der Waals surface area contributed by atoms with Crippen LogP contribution in [0.1, 0.15) is 69.8 Å². The maximum Gasteiger partial charge on any atom is 0.410 e. The number of aryl methyl sites for hydroxylation is 1. The molecule has 1 saturated carbocycles. The quantitative estimate of drug-likeness (QED) is 0.122. The van der Waals surface area contributed by atoms with Crippen LogP contribution in [0.4, 0.5) is 14.0 Å². The maximum atomic E-state index is 17.4. The van der Waals surface area contributed by atoms with E-state index in [0.29, 0.717) is 46.3 Å². The van der Waals surface area contributed by atoms with Gasteiger partial charge in [0.05, 0.1) is 46.4 Å². The van der Waals surface area contributed by atoms with Gasteiger partial charge in [0.2, 0.25) is 0 Å². The maximum absolute atomic E-state index is 17.4. The van der Waals surface area contributed by atoms with Crippen molar-refractivity contribution < 1.29 is 23.5 Å². The summed E-state index contributed by atoms with van der Waals surface area (Å²) in [6.45, 7) is 13.8. The van der Waals surface area contributed by atoms with Gasteiger partial charge in [-0.15, -0.1) is 11.8 Å². The average molecular weight is 825 g/mol. The highest BCUT2D eigenvalue weighted by atomic mass is 35.5. The van der Waals surface area contributed by atoms with E-state index in [-0.39, 0.29) is 65.2 Å². The molecular weight excluding hydrogens is 777 g/mol. The van der Waals surface area contributed by atoms with Crippen molar-refractivity contribution in [3.05, 3.63) is 57.5 Å². The second-order valence-corrected chi connectivity index (χ2v) is 24.4. The molecule has 4 atom stereocenters. The number of nitrogens with zero attached hydrogens (tertiary/aromatic N) is 5. The molecule has 3 saturated heterocycles. The van der Waals surface area contributed by atoms with Gasteiger partial charge in [0.25, 0.3) is 0 Å². The summed E-state index contributed by atoms with van der Waals surface area (Å²) in [4.78, 5) is 36.0. The number of hydrogen-bond acceptors (Lipinski definition) is 7. The Morgan fingerprint density at radius 1 is 1.13 bits per heavy atom. The summed E-state index contributed by atoms with van der Waals surface area (Å²) >= 11 is 14.6. The molecule has 292 valence electrons. The molecule has 55 heavy (non-hydrogen) atoms. The molecule has 0 N–H and O–H groups in total. The van der Waals surface area contributed by atoms with Crippen LogP contribution in [0.2, 0.25) is 35.7 Å². The number of likely N-dealkylation sites (tertiary alicyclic amines) is 1. The number of hydrogen-bond donors (Lipinski definition) is 0.